The van der Waals surface area contributed by atoms with Gasteiger partial charge in [-0.05, 0) is 25.0 Å². The van der Waals surface area contributed by atoms with Crippen molar-refractivity contribution in [2.24, 2.45) is 4.99 Å². The molecule has 0 aliphatic heterocycles. The van der Waals surface area contributed by atoms with Crippen LogP contribution in [0.4, 0.5) is 5.69 Å². The molecule has 0 aliphatic rings. The Hall–Kier alpha value is -2.93. The van der Waals surface area contributed by atoms with Crippen LogP contribution in [-0.4, -0.2) is 30.6 Å². The standard InChI is InChI=1S/C20H26N4O3/c1-15(14-27-3)22-20(23-16(2)18-7-5-4-6-8-18)21-13-17-9-11-19(12-10-17)24(25)26/h4-12,15-16H,13-14H2,1-3H3,(H2,21,22,23). The van der Waals surface area contributed by atoms with Crippen LogP contribution >= 0.6 is 0 Å². The third-order valence-corrected chi connectivity index (χ3v) is 4.02. The van der Waals surface area contributed by atoms with E-state index < -0.39 is 4.92 Å². The number of non-ortho nitro benzene ring substituents is 1. The van der Waals surface area contributed by atoms with E-state index in [1.165, 1.54) is 12.1 Å². The maximum atomic E-state index is 10.8. The molecule has 0 saturated carbocycles. The van der Waals surface area contributed by atoms with Crippen LogP contribution in [0.25, 0.3) is 0 Å². The van der Waals surface area contributed by atoms with Gasteiger partial charge in [-0.15, -0.1) is 0 Å². The van der Waals surface area contributed by atoms with Crippen LogP contribution < -0.4 is 10.6 Å². The minimum Gasteiger partial charge on any atom is -0.383 e. The van der Waals surface area contributed by atoms with Crippen molar-refractivity contribution in [2.45, 2.75) is 32.5 Å². The van der Waals surface area contributed by atoms with Crippen LogP contribution in [0.3, 0.4) is 0 Å². The van der Waals surface area contributed by atoms with E-state index in [2.05, 4.69) is 34.7 Å². The Bertz CT molecular complexity index is 748. The molecular formula is C20H26N4O3. The van der Waals surface area contributed by atoms with Gasteiger partial charge < -0.3 is 15.4 Å². The first kappa shape index (κ1) is 20.4. The number of hydrogen-bond acceptors (Lipinski definition) is 4. The highest BCUT2D eigenvalue weighted by atomic mass is 16.6. The number of hydrogen-bond donors (Lipinski definition) is 2. The van der Waals surface area contributed by atoms with Gasteiger partial charge >= 0.3 is 0 Å². The minimum absolute atomic E-state index is 0.0732. The normalized spacial score (nSPS) is 13.7. The summed E-state index contributed by atoms with van der Waals surface area (Å²) < 4.78 is 5.18. The lowest BCUT2D eigenvalue weighted by Crippen LogP contribution is -2.44. The van der Waals surface area contributed by atoms with E-state index in [1.54, 1.807) is 19.2 Å². The van der Waals surface area contributed by atoms with Crippen molar-refractivity contribution in [3.63, 3.8) is 0 Å². The number of nitro benzene ring substituents is 1. The number of aliphatic imine (C=N–C) groups is 1. The van der Waals surface area contributed by atoms with Crippen LogP contribution in [0.15, 0.2) is 59.6 Å². The molecule has 2 aromatic carbocycles. The van der Waals surface area contributed by atoms with E-state index in [4.69, 9.17) is 4.74 Å². The number of guanidine groups is 1. The Morgan fingerprint density at radius 2 is 1.78 bits per heavy atom. The summed E-state index contributed by atoms with van der Waals surface area (Å²) in [7, 11) is 1.66. The average molecular weight is 370 g/mol. The second-order valence-electron chi connectivity index (χ2n) is 6.37. The molecule has 0 radical (unpaired) electrons. The largest absolute Gasteiger partial charge is 0.383 e. The summed E-state index contributed by atoms with van der Waals surface area (Å²) in [5, 5.41) is 17.5. The van der Waals surface area contributed by atoms with Gasteiger partial charge in [0.15, 0.2) is 5.96 Å². The molecule has 27 heavy (non-hydrogen) atoms. The third-order valence-electron chi connectivity index (χ3n) is 4.02. The van der Waals surface area contributed by atoms with Crippen LogP contribution in [-0.2, 0) is 11.3 Å². The van der Waals surface area contributed by atoms with Crippen LogP contribution in [0.5, 0.6) is 0 Å². The fourth-order valence-electron chi connectivity index (χ4n) is 2.58. The summed E-state index contributed by atoms with van der Waals surface area (Å²) in [6.45, 7) is 5.05. The number of nitro groups is 1. The smallest absolute Gasteiger partial charge is 0.269 e. The van der Waals surface area contributed by atoms with E-state index >= 15 is 0 Å². The van der Waals surface area contributed by atoms with Gasteiger partial charge in [0.2, 0.25) is 0 Å². The van der Waals surface area contributed by atoms with E-state index in [-0.39, 0.29) is 17.8 Å². The van der Waals surface area contributed by atoms with Gasteiger partial charge in [-0.25, -0.2) is 4.99 Å². The maximum absolute atomic E-state index is 10.8. The second-order valence-corrected chi connectivity index (χ2v) is 6.37. The second kappa shape index (κ2) is 10.3. The quantitative estimate of drug-likeness (QED) is 0.322. The van der Waals surface area contributed by atoms with Crippen molar-refractivity contribution >= 4 is 11.6 Å². The van der Waals surface area contributed by atoms with Crippen molar-refractivity contribution in [3.8, 4) is 0 Å². The van der Waals surface area contributed by atoms with Gasteiger partial charge in [0.1, 0.15) is 0 Å². The Labute approximate surface area is 159 Å². The first-order valence-electron chi connectivity index (χ1n) is 8.84. The summed E-state index contributed by atoms with van der Waals surface area (Å²) >= 11 is 0. The predicted molar refractivity (Wildman–Crippen MR) is 107 cm³/mol. The van der Waals surface area contributed by atoms with Crippen LogP contribution in [0, 0.1) is 10.1 Å². The van der Waals surface area contributed by atoms with E-state index in [0.717, 1.165) is 11.1 Å². The predicted octanol–water partition coefficient (Wildman–Crippen LogP) is 3.43. The minimum atomic E-state index is -0.407. The number of rotatable bonds is 8. The van der Waals surface area contributed by atoms with Gasteiger partial charge in [0.25, 0.3) is 5.69 Å². The Morgan fingerprint density at radius 1 is 1.11 bits per heavy atom. The average Bonchev–Trinajstić information content (AvgIpc) is 2.67. The van der Waals surface area contributed by atoms with Gasteiger partial charge in [-0.1, -0.05) is 42.5 Å². The van der Waals surface area contributed by atoms with Gasteiger partial charge in [-0.3, -0.25) is 10.1 Å². The van der Waals surface area contributed by atoms with Gasteiger partial charge in [-0.2, -0.15) is 0 Å². The van der Waals surface area contributed by atoms with Crippen molar-refractivity contribution in [3.05, 3.63) is 75.8 Å². The van der Waals surface area contributed by atoms with E-state index in [1.807, 2.05) is 25.1 Å². The summed E-state index contributed by atoms with van der Waals surface area (Å²) in [5.41, 5.74) is 2.13. The van der Waals surface area contributed by atoms with Crippen LogP contribution in [0.2, 0.25) is 0 Å². The lowest BCUT2D eigenvalue weighted by atomic mass is 10.1. The molecule has 0 amide bonds. The maximum Gasteiger partial charge on any atom is 0.269 e. The zero-order valence-electron chi connectivity index (χ0n) is 15.9. The number of nitrogens with zero attached hydrogens (tertiary/aromatic N) is 2. The van der Waals surface area contributed by atoms with E-state index in [9.17, 15) is 10.1 Å². The van der Waals surface area contributed by atoms with Crippen molar-refractivity contribution in [1.82, 2.24) is 10.6 Å². The monoisotopic (exact) mass is 370 g/mol. The lowest BCUT2D eigenvalue weighted by molar-refractivity contribution is -0.384. The Kier molecular flexibility index (Phi) is 7.76. The highest BCUT2D eigenvalue weighted by Gasteiger charge is 2.11. The number of ether oxygens (including phenoxy) is 1. The lowest BCUT2D eigenvalue weighted by Gasteiger charge is -2.22. The molecule has 7 nitrogen and oxygen atoms in total. The molecule has 0 bridgehead atoms. The topological polar surface area (TPSA) is 88.8 Å². The molecule has 2 unspecified atom stereocenters. The van der Waals surface area contributed by atoms with Crippen molar-refractivity contribution in [2.75, 3.05) is 13.7 Å². The number of benzene rings is 2. The highest BCUT2D eigenvalue weighted by molar-refractivity contribution is 5.80. The summed E-state index contributed by atoms with van der Waals surface area (Å²) in [5.74, 6) is 0.661. The zero-order chi connectivity index (χ0) is 19.6. The molecule has 144 valence electrons. The molecule has 2 rings (SSSR count). The molecule has 7 heteroatoms. The summed E-state index contributed by atoms with van der Waals surface area (Å²) in [4.78, 5) is 15.0. The van der Waals surface area contributed by atoms with Gasteiger partial charge in [0, 0.05) is 25.3 Å². The summed E-state index contributed by atoms with van der Waals surface area (Å²) in [6, 6.07) is 16.7. The van der Waals surface area contributed by atoms with Crippen molar-refractivity contribution < 1.29 is 9.66 Å². The Balaban J connectivity index is 2.10. The van der Waals surface area contributed by atoms with Gasteiger partial charge in [0.05, 0.1) is 24.1 Å². The molecule has 0 fully saturated rings. The molecular weight excluding hydrogens is 344 g/mol. The number of methoxy groups -OCH3 is 1. The molecule has 0 spiro atoms. The zero-order valence-corrected chi connectivity index (χ0v) is 15.9. The van der Waals surface area contributed by atoms with Crippen molar-refractivity contribution in [1.29, 1.82) is 0 Å². The molecule has 0 aliphatic carbocycles. The highest BCUT2D eigenvalue weighted by Crippen LogP contribution is 2.13. The third kappa shape index (κ3) is 6.71. The molecule has 0 saturated heterocycles. The first-order chi connectivity index (χ1) is 13.0. The first-order valence-corrected chi connectivity index (χ1v) is 8.84. The molecule has 2 aromatic rings. The Morgan fingerprint density at radius 3 is 2.37 bits per heavy atom. The van der Waals surface area contributed by atoms with E-state index in [0.29, 0.717) is 19.1 Å². The number of nitrogens with one attached hydrogen (secondary N) is 2. The fraction of sp³-hybridized carbons (Fsp3) is 0.350. The molecule has 2 N–H and O–H groups in total. The molecule has 0 aromatic heterocycles. The molecule has 2 atom stereocenters. The van der Waals surface area contributed by atoms with Crippen LogP contribution in [0.1, 0.15) is 31.0 Å². The SMILES string of the molecule is COCC(C)NC(=NCc1ccc([N+](=O)[O-])cc1)NC(C)c1ccccc1. The molecule has 0 heterocycles. The summed E-state index contributed by atoms with van der Waals surface area (Å²) in [6.07, 6.45) is 0. The fourth-order valence-corrected chi connectivity index (χ4v) is 2.58.